The van der Waals surface area contributed by atoms with E-state index in [-0.39, 0.29) is 18.0 Å². The van der Waals surface area contributed by atoms with Gasteiger partial charge in [-0.2, -0.15) is 4.98 Å². The van der Waals surface area contributed by atoms with Crippen molar-refractivity contribution in [2.45, 2.75) is 27.2 Å². The number of esters is 1. The fraction of sp³-hybridized carbons (Fsp3) is 0.263. The Balaban J connectivity index is 1.55. The lowest BCUT2D eigenvalue weighted by Crippen LogP contribution is -2.22. The van der Waals surface area contributed by atoms with Crippen molar-refractivity contribution in [1.82, 2.24) is 19.6 Å². The van der Waals surface area contributed by atoms with E-state index in [0.29, 0.717) is 17.0 Å². The first-order valence-electron chi connectivity index (χ1n) is 8.58. The van der Waals surface area contributed by atoms with Crippen LogP contribution < -0.4 is 5.32 Å². The van der Waals surface area contributed by atoms with Gasteiger partial charge in [-0.3, -0.25) is 14.4 Å². The highest BCUT2D eigenvalue weighted by Crippen LogP contribution is 2.11. The van der Waals surface area contributed by atoms with Crippen LogP contribution >= 0.6 is 0 Å². The Bertz CT molecular complexity index is 1070. The largest absolute Gasteiger partial charge is 0.455 e. The van der Waals surface area contributed by atoms with Crippen molar-refractivity contribution in [2.24, 2.45) is 0 Å². The molecule has 0 fully saturated rings. The number of anilines is 1. The van der Waals surface area contributed by atoms with Crippen molar-refractivity contribution in [1.29, 1.82) is 0 Å². The molecule has 0 saturated heterocycles. The Morgan fingerprint density at radius 3 is 2.68 bits per heavy atom. The molecule has 0 atom stereocenters. The monoisotopic (exact) mass is 381 g/mol. The van der Waals surface area contributed by atoms with Crippen molar-refractivity contribution in [2.75, 3.05) is 11.9 Å². The zero-order chi connectivity index (χ0) is 20.3. The molecule has 3 aromatic rings. The number of carbonyl (C=O) groups excluding carboxylic acids is 3. The molecule has 0 bridgehead atoms. The second-order valence-electron chi connectivity index (χ2n) is 6.30. The number of nitrogens with one attached hydrogen (secondary N) is 1. The summed E-state index contributed by atoms with van der Waals surface area (Å²) in [4.78, 5) is 43.8. The number of benzene rings is 1. The van der Waals surface area contributed by atoms with Gasteiger partial charge in [0.05, 0.1) is 0 Å². The van der Waals surface area contributed by atoms with E-state index < -0.39 is 18.5 Å². The average molecular weight is 381 g/mol. The predicted octanol–water partition coefficient (Wildman–Crippen LogP) is 1.67. The summed E-state index contributed by atoms with van der Waals surface area (Å²) < 4.78 is 6.53. The normalized spacial score (nSPS) is 10.7. The topological polar surface area (TPSA) is 116 Å². The van der Waals surface area contributed by atoms with E-state index in [1.54, 1.807) is 28.8 Å². The van der Waals surface area contributed by atoms with Gasteiger partial charge in [0, 0.05) is 22.6 Å². The highest BCUT2D eigenvalue weighted by Gasteiger charge is 2.14. The van der Waals surface area contributed by atoms with Crippen molar-refractivity contribution in [3.05, 3.63) is 53.1 Å². The Morgan fingerprint density at radius 2 is 1.93 bits per heavy atom. The van der Waals surface area contributed by atoms with Crippen molar-refractivity contribution >= 4 is 29.1 Å². The lowest BCUT2D eigenvalue weighted by atomic mass is 10.1. The average Bonchev–Trinajstić information content (AvgIpc) is 3.02. The van der Waals surface area contributed by atoms with Crippen LogP contribution in [0.4, 0.5) is 5.69 Å². The van der Waals surface area contributed by atoms with Gasteiger partial charge < -0.3 is 10.1 Å². The molecular weight excluding hydrogens is 362 g/mol. The van der Waals surface area contributed by atoms with E-state index in [0.717, 1.165) is 11.4 Å². The maximum atomic E-state index is 12.0. The molecule has 0 aliphatic carbocycles. The first-order valence-corrected chi connectivity index (χ1v) is 8.58. The zero-order valence-electron chi connectivity index (χ0n) is 15.7. The fourth-order valence-electron chi connectivity index (χ4n) is 2.62. The summed E-state index contributed by atoms with van der Waals surface area (Å²) in [5.74, 6) is -0.574. The van der Waals surface area contributed by atoms with Gasteiger partial charge in [-0.05, 0) is 39.0 Å². The summed E-state index contributed by atoms with van der Waals surface area (Å²) in [6, 6.07) is 8.36. The summed E-state index contributed by atoms with van der Waals surface area (Å²) in [6.07, 6.45) is -0.172. The van der Waals surface area contributed by atoms with Crippen molar-refractivity contribution in [3.63, 3.8) is 0 Å². The number of hydrogen-bond acceptors (Lipinski definition) is 7. The molecule has 9 heteroatoms. The third-order valence-electron chi connectivity index (χ3n) is 3.88. The zero-order valence-corrected chi connectivity index (χ0v) is 15.7. The maximum Gasteiger partial charge on any atom is 0.314 e. The van der Waals surface area contributed by atoms with Crippen LogP contribution in [0.3, 0.4) is 0 Å². The van der Waals surface area contributed by atoms with Gasteiger partial charge in [0.2, 0.25) is 0 Å². The van der Waals surface area contributed by atoms with Crippen molar-refractivity contribution in [3.8, 4) is 0 Å². The summed E-state index contributed by atoms with van der Waals surface area (Å²) in [5, 5.41) is 6.80. The molecule has 0 aliphatic rings. The van der Waals surface area contributed by atoms with E-state index in [4.69, 9.17) is 4.74 Å². The van der Waals surface area contributed by atoms with Crippen LogP contribution in [0.25, 0.3) is 5.78 Å². The van der Waals surface area contributed by atoms with Gasteiger partial charge in [-0.25, -0.2) is 9.50 Å². The maximum absolute atomic E-state index is 12.0. The van der Waals surface area contributed by atoms with Gasteiger partial charge in [0.1, 0.15) is 6.42 Å². The molecule has 2 aromatic heterocycles. The van der Waals surface area contributed by atoms with Crippen LogP contribution in [0.5, 0.6) is 0 Å². The number of nitrogens with zero attached hydrogens (tertiary/aromatic N) is 4. The second-order valence-corrected chi connectivity index (χ2v) is 6.30. The molecule has 9 nitrogen and oxygen atoms in total. The number of ketones is 1. The Kier molecular flexibility index (Phi) is 5.44. The summed E-state index contributed by atoms with van der Waals surface area (Å²) in [5.41, 5.74) is 2.58. The molecule has 0 aliphatic heterocycles. The molecule has 0 unspecified atom stereocenters. The smallest absolute Gasteiger partial charge is 0.314 e. The van der Waals surface area contributed by atoms with Crippen molar-refractivity contribution < 1.29 is 19.1 Å². The number of Topliss-reactive ketones (excluding diaryl/α,β-unsaturated/α-hetero) is 1. The van der Waals surface area contributed by atoms with Crippen LogP contribution in [0.15, 0.2) is 30.3 Å². The molecule has 0 radical (unpaired) electrons. The number of amides is 1. The van der Waals surface area contributed by atoms with E-state index in [2.05, 4.69) is 20.4 Å². The first-order chi connectivity index (χ1) is 13.3. The van der Waals surface area contributed by atoms with Crippen LogP contribution in [0.1, 0.15) is 34.5 Å². The molecule has 3 rings (SSSR count). The lowest BCUT2D eigenvalue weighted by Gasteiger charge is -2.07. The highest BCUT2D eigenvalue weighted by molar-refractivity contribution is 5.97. The molecule has 1 aromatic carbocycles. The van der Waals surface area contributed by atoms with Crippen LogP contribution in [-0.4, -0.2) is 43.8 Å². The van der Waals surface area contributed by atoms with Gasteiger partial charge in [0.25, 0.3) is 11.7 Å². The minimum absolute atomic E-state index is 0.109. The number of ether oxygens (including phenoxy) is 1. The third kappa shape index (κ3) is 4.56. The molecule has 28 heavy (non-hydrogen) atoms. The molecule has 144 valence electrons. The van der Waals surface area contributed by atoms with E-state index >= 15 is 0 Å². The number of rotatable bonds is 6. The minimum atomic E-state index is -0.627. The molecular formula is C19H19N5O4. The highest BCUT2D eigenvalue weighted by atomic mass is 16.5. The Labute approximate surface area is 160 Å². The standard InChI is InChI=1S/C19H19N5O4/c1-11-7-12(2)24-19(20-11)22-16(23-24)9-18(27)28-10-17(26)21-15-6-4-5-14(8-15)13(3)25/h4-8H,9-10H2,1-3H3,(H,21,26). The van der Waals surface area contributed by atoms with Crippen LogP contribution in [0, 0.1) is 13.8 Å². The minimum Gasteiger partial charge on any atom is -0.455 e. The summed E-state index contributed by atoms with van der Waals surface area (Å²) in [7, 11) is 0. The third-order valence-corrected chi connectivity index (χ3v) is 3.88. The van der Waals surface area contributed by atoms with Crippen LogP contribution in [0.2, 0.25) is 0 Å². The SMILES string of the molecule is CC(=O)c1cccc(NC(=O)COC(=O)Cc2nc3nc(C)cc(C)n3n2)c1. The Morgan fingerprint density at radius 1 is 1.14 bits per heavy atom. The Hall–Kier alpha value is -3.62. The van der Waals surface area contributed by atoms with E-state index in [1.807, 2.05) is 19.9 Å². The molecule has 0 saturated carbocycles. The number of hydrogen-bond donors (Lipinski definition) is 1. The van der Waals surface area contributed by atoms with Gasteiger partial charge in [-0.15, -0.1) is 5.10 Å². The van der Waals surface area contributed by atoms with Gasteiger partial charge in [-0.1, -0.05) is 12.1 Å². The molecule has 1 N–H and O–H groups in total. The summed E-state index contributed by atoms with van der Waals surface area (Å²) >= 11 is 0. The lowest BCUT2D eigenvalue weighted by molar-refractivity contribution is -0.146. The predicted molar refractivity (Wildman–Crippen MR) is 100.0 cm³/mol. The first kappa shape index (κ1) is 19.2. The van der Waals surface area contributed by atoms with Gasteiger partial charge in [0.15, 0.2) is 18.2 Å². The van der Waals surface area contributed by atoms with E-state index in [1.165, 1.54) is 6.92 Å². The molecule has 0 spiro atoms. The molecule has 2 heterocycles. The molecule has 1 amide bonds. The quantitative estimate of drug-likeness (QED) is 0.510. The second kappa shape index (κ2) is 7.95. The fourth-order valence-corrected chi connectivity index (χ4v) is 2.62. The number of fused-ring (bicyclic) bond motifs is 1. The van der Waals surface area contributed by atoms with E-state index in [9.17, 15) is 14.4 Å². The number of carbonyl (C=O) groups is 3. The number of aryl methyl sites for hydroxylation is 2. The number of aromatic nitrogens is 4. The van der Waals surface area contributed by atoms with Crippen LogP contribution in [-0.2, 0) is 20.7 Å². The summed E-state index contributed by atoms with van der Waals surface area (Å²) in [6.45, 7) is 4.70. The van der Waals surface area contributed by atoms with Gasteiger partial charge >= 0.3 is 5.97 Å².